The lowest BCUT2D eigenvalue weighted by atomic mass is 10.1. The first-order valence-electron chi connectivity index (χ1n) is 4.34. The van der Waals surface area contributed by atoms with Gasteiger partial charge in [0.15, 0.2) is 0 Å². The molecule has 0 rings (SSSR count). The van der Waals surface area contributed by atoms with E-state index in [0.717, 1.165) is 6.42 Å². The van der Waals surface area contributed by atoms with E-state index in [1.165, 1.54) is 0 Å². The van der Waals surface area contributed by atoms with Gasteiger partial charge in [0.05, 0.1) is 12.5 Å². The van der Waals surface area contributed by atoms with Crippen molar-refractivity contribution in [2.75, 3.05) is 6.61 Å². The van der Waals surface area contributed by atoms with Gasteiger partial charge in [0, 0.05) is 12.8 Å². The zero-order chi connectivity index (χ0) is 9.40. The Bertz CT molecular complexity index is 186. The monoisotopic (exact) mass is 168 g/mol. The first-order chi connectivity index (χ1) is 5.72. The highest BCUT2D eigenvalue weighted by atomic mass is 16.5. The average Bonchev–Trinajstić information content (AvgIpc) is 2.05. The van der Waals surface area contributed by atoms with Crippen molar-refractivity contribution in [2.45, 2.75) is 33.6 Å². The smallest absolute Gasteiger partial charge is 0.309 e. The predicted molar refractivity (Wildman–Crippen MR) is 48.5 cm³/mol. The van der Waals surface area contributed by atoms with Crippen LogP contribution in [-0.2, 0) is 9.53 Å². The molecule has 0 aromatic carbocycles. The van der Waals surface area contributed by atoms with Gasteiger partial charge in [-0.05, 0) is 6.92 Å². The molecule has 0 aliphatic heterocycles. The molecule has 0 aromatic heterocycles. The molecule has 0 saturated carbocycles. The predicted octanol–water partition coefficient (Wildman–Crippen LogP) is 1.99. The van der Waals surface area contributed by atoms with Gasteiger partial charge in [-0.3, -0.25) is 4.79 Å². The van der Waals surface area contributed by atoms with E-state index in [0.29, 0.717) is 13.0 Å². The minimum Gasteiger partial charge on any atom is -0.466 e. The van der Waals surface area contributed by atoms with E-state index in [2.05, 4.69) is 11.8 Å². The molecule has 0 saturated heterocycles. The van der Waals surface area contributed by atoms with Crippen molar-refractivity contribution >= 4 is 5.97 Å². The van der Waals surface area contributed by atoms with Crippen molar-refractivity contribution in [3.8, 4) is 11.8 Å². The molecule has 0 bridgehead atoms. The van der Waals surface area contributed by atoms with Crippen LogP contribution < -0.4 is 0 Å². The number of carbonyl (C=O) groups excluding carboxylic acids is 1. The van der Waals surface area contributed by atoms with Crippen molar-refractivity contribution < 1.29 is 9.53 Å². The van der Waals surface area contributed by atoms with E-state index in [4.69, 9.17) is 4.74 Å². The van der Waals surface area contributed by atoms with E-state index >= 15 is 0 Å². The van der Waals surface area contributed by atoms with Crippen LogP contribution in [-0.4, -0.2) is 12.6 Å². The summed E-state index contributed by atoms with van der Waals surface area (Å²) in [6, 6.07) is 0. The Labute approximate surface area is 74.3 Å². The van der Waals surface area contributed by atoms with Crippen LogP contribution in [0.2, 0.25) is 0 Å². The zero-order valence-corrected chi connectivity index (χ0v) is 8.02. The largest absolute Gasteiger partial charge is 0.466 e. The Kier molecular flexibility index (Phi) is 6.18. The Balaban J connectivity index is 3.71. The summed E-state index contributed by atoms with van der Waals surface area (Å²) in [4.78, 5) is 11.0. The fourth-order valence-electron chi connectivity index (χ4n) is 0.718. The first-order valence-corrected chi connectivity index (χ1v) is 4.34. The molecule has 0 fully saturated rings. The summed E-state index contributed by atoms with van der Waals surface area (Å²) >= 11 is 0. The third kappa shape index (κ3) is 4.79. The summed E-state index contributed by atoms with van der Waals surface area (Å²) in [5, 5.41) is 0. The molecule has 0 heterocycles. The lowest BCUT2D eigenvalue weighted by Gasteiger charge is -2.05. The summed E-state index contributed by atoms with van der Waals surface area (Å²) in [6.45, 7) is 6.08. The quantitative estimate of drug-likeness (QED) is 0.476. The van der Waals surface area contributed by atoms with Crippen LogP contribution in [0.15, 0.2) is 0 Å². The van der Waals surface area contributed by atoms with Crippen LogP contribution in [0.25, 0.3) is 0 Å². The highest BCUT2D eigenvalue weighted by Gasteiger charge is 2.11. The van der Waals surface area contributed by atoms with Crippen LogP contribution in [0.3, 0.4) is 0 Å². The van der Waals surface area contributed by atoms with Crippen molar-refractivity contribution in [1.29, 1.82) is 0 Å². The molecule has 0 aromatic rings. The van der Waals surface area contributed by atoms with Gasteiger partial charge >= 0.3 is 5.97 Å². The van der Waals surface area contributed by atoms with Gasteiger partial charge in [0.25, 0.3) is 0 Å². The maximum Gasteiger partial charge on any atom is 0.309 e. The number of rotatable bonds is 3. The minimum atomic E-state index is -0.150. The Hall–Kier alpha value is -0.970. The standard InChI is InChI=1S/C10H16O2/c1-4-6-7-8-9(3)10(11)12-5-2/h9H,4-5,8H2,1-3H3/t9-/m1/s1. The van der Waals surface area contributed by atoms with E-state index in [-0.39, 0.29) is 11.9 Å². The Morgan fingerprint density at radius 3 is 2.58 bits per heavy atom. The molecule has 0 amide bonds. The van der Waals surface area contributed by atoms with E-state index in [1.54, 1.807) is 0 Å². The van der Waals surface area contributed by atoms with Crippen LogP contribution in [0.1, 0.15) is 33.6 Å². The average molecular weight is 168 g/mol. The highest BCUT2D eigenvalue weighted by Crippen LogP contribution is 2.02. The summed E-state index contributed by atoms with van der Waals surface area (Å²) in [7, 11) is 0. The number of carbonyl (C=O) groups is 1. The van der Waals surface area contributed by atoms with Gasteiger partial charge in [-0.1, -0.05) is 13.8 Å². The fraction of sp³-hybridized carbons (Fsp3) is 0.700. The van der Waals surface area contributed by atoms with Gasteiger partial charge in [-0.25, -0.2) is 0 Å². The molecule has 0 aliphatic rings. The molecule has 12 heavy (non-hydrogen) atoms. The van der Waals surface area contributed by atoms with Crippen molar-refractivity contribution in [1.82, 2.24) is 0 Å². The summed E-state index contributed by atoms with van der Waals surface area (Å²) in [5.74, 6) is 5.60. The number of hydrogen-bond donors (Lipinski definition) is 0. The maximum absolute atomic E-state index is 11.0. The van der Waals surface area contributed by atoms with Gasteiger partial charge in [0.2, 0.25) is 0 Å². The Morgan fingerprint density at radius 2 is 2.08 bits per heavy atom. The summed E-state index contributed by atoms with van der Waals surface area (Å²) in [6.07, 6.45) is 1.45. The molecule has 2 heteroatoms. The van der Waals surface area contributed by atoms with Gasteiger partial charge in [-0.15, -0.1) is 11.8 Å². The minimum absolute atomic E-state index is 0.0935. The molecule has 0 N–H and O–H groups in total. The fourth-order valence-corrected chi connectivity index (χ4v) is 0.718. The third-order valence-electron chi connectivity index (χ3n) is 1.40. The molecule has 1 atom stereocenters. The highest BCUT2D eigenvalue weighted by molar-refractivity contribution is 5.72. The van der Waals surface area contributed by atoms with E-state index in [1.807, 2.05) is 20.8 Å². The van der Waals surface area contributed by atoms with E-state index < -0.39 is 0 Å². The van der Waals surface area contributed by atoms with Gasteiger partial charge in [-0.2, -0.15) is 0 Å². The second kappa shape index (κ2) is 6.72. The van der Waals surface area contributed by atoms with E-state index in [9.17, 15) is 4.79 Å². The SMILES string of the molecule is CCC#CC[C@@H](C)C(=O)OCC. The molecule has 68 valence electrons. The first kappa shape index (κ1) is 11.0. The van der Waals surface area contributed by atoms with Gasteiger partial charge in [0.1, 0.15) is 0 Å². The molecule has 0 aliphatic carbocycles. The lowest BCUT2D eigenvalue weighted by Crippen LogP contribution is -2.13. The van der Waals surface area contributed by atoms with Crippen LogP contribution in [0.4, 0.5) is 0 Å². The molecule has 0 radical (unpaired) electrons. The van der Waals surface area contributed by atoms with Crippen LogP contribution in [0.5, 0.6) is 0 Å². The van der Waals surface area contributed by atoms with Crippen LogP contribution in [0, 0.1) is 17.8 Å². The topological polar surface area (TPSA) is 26.3 Å². The molecule has 0 unspecified atom stereocenters. The maximum atomic E-state index is 11.0. The second-order valence-corrected chi connectivity index (χ2v) is 2.56. The lowest BCUT2D eigenvalue weighted by molar-refractivity contribution is -0.147. The summed E-state index contributed by atoms with van der Waals surface area (Å²) in [5.41, 5.74) is 0. The van der Waals surface area contributed by atoms with Crippen molar-refractivity contribution in [3.05, 3.63) is 0 Å². The number of hydrogen-bond acceptors (Lipinski definition) is 2. The normalized spacial score (nSPS) is 11.2. The second-order valence-electron chi connectivity index (χ2n) is 2.56. The molecular formula is C10H16O2. The third-order valence-corrected chi connectivity index (χ3v) is 1.40. The van der Waals surface area contributed by atoms with Crippen molar-refractivity contribution in [2.24, 2.45) is 5.92 Å². The Morgan fingerprint density at radius 1 is 1.42 bits per heavy atom. The van der Waals surface area contributed by atoms with Crippen LogP contribution >= 0.6 is 0 Å². The van der Waals surface area contributed by atoms with Crippen molar-refractivity contribution in [3.63, 3.8) is 0 Å². The summed E-state index contributed by atoms with van der Waals surface area (Å²) < 4.78 is 4.83. The molecule has 0 spiro atoms. The number of esters is 1. The molecular weight excluding hydrogens is 152 g/mol. The van der Waals surface area contributed by atoms with Gasteiger partial charge < -0.3 is 4.74 Å². The number of ether oxygens (including phenoxy) is 1. The zero-order valence-electron chi connectivity index (χ0n) is 8.02. The molecule has 2 nitrogen and oxygen atoms in total.